The number of carbonyl (C=O) groups excluding carboxylic acids is 2. The highest BCUT2D eigenvalue weighted by Gasteiger charge is 2.13. The maximum Gasteiger partial charge on any atom is 0.313 e. The van der Waals surface area contributed by atoms with E-state index < -0.39 is 11.8 Å². The minimum Gasteiger partial charge on any atom is -0.357 e. The summed E-state index contributed by atoms with van der Waals surface area (Å²) in [6.07, 6.45) is 4.76. The molecular formula is C17H21N5O2. The van der Waals surface area contributed by atoms with Crippen LogP contribution in [0.15, 0.2) is 42.9 Å². The van der Waals surface area contributed by atoms with Crippen molar-refractivity contribution >= 4 is 23.3 Å². The highest BCUT2D eigenvalue weighted by atomic mass is 16.2. The Morgan fingerprint density at radius 3 is 2.46 bits per heavy atom. The molecule has 0 atom stereocenters. The van der Waals surface area contributed by atoms with Crippen molar-refractivity contribution in [1.82, 2.24) is 15.3 Å². The maximum atomic E-state index is 11.8. The molecule has 24 heavy (non-hydrogen) atoms. The third kappa shape index (κ3) is 4.77. The molecule has 0 unspecified atom stereocenters. The minimum atomic E-state index is -0.726. The molecule has 0 aromatic carbocycles. The molecule has 2 amide bonds. The van der Waals surface area contributed by atoms with Crippen molar-refractivity contribution in [3.05, 3.63) is 48.4 Å². The average molecular weight is 327 g/mol. The smallest absolute Gasteiger partial charge is 0.313 e. The summed E-state index contributed by atoms with van der Waals surface area (Å²) in [5, 5.41) is 5.05. The van der Waals surface area contributed by atoms with Crippen LogP contribution in [0.3, 0.4) is 0 Å². The predicted molar refractivity (Wildman–Crippen MR) is 92.5 cm³/mol. The van der Waals surface area contributed by atoms with E-state index in [4.69, 9.17) is 0 Å². The molecule has 0 fully saturated rings. The zero-order valence-electron chi connectivity index (χ0n) is 13.8. The van der Waals surface area contributed by atoms with Gasteiger partial charge in [-0.15, -0.1) is 0 Å². The van der Waals surface area contributed by atoms with Crippen molar-refractivity contribution in [3.8, 4) is 0 Å². The lowest BCUT2D eigenvalue weighted by Gasteiger charge is -2.19. The number of amides is 2. The Bertz CT molecular complexity index is 669. The normalized spacial score (nSPS) is 10.1. The zero-order chi connectivity index (χ0) is 17.4. The molecule has 0 saturated heterocycles. The fraction of sp³-hybridized carbons (Fsp3) is 0.294. The number of hydrogen-bond donors (Lipinski definition) is 2. The molecule has 0 aliphatic rings. The molecule has 2 aromatic heterocycles. The van der Waals surface area contributed by atoms with Crippen LogP contribution in [0.25, 0.3) is 0 Å². The van der Waals surface area contributed by atoms with E-state index in [2.05, 4.69) is 39.3 Å². The van der Waals surface area contributed by atoms with Crippen LogP contribution in [0.1, 0.15) is 19.4 Å². The van der Waals surface area contributed by atoms with Gasteiger partial charge in [-0.05, 0) is 37.6 Å². The van der Waals surface area contributed by atoms with Crippen LogP contribution < -0.4 is 15.5 Å². The maximum absolute atomic E-state index is 11.8. The van der Waals surface area contributed by atoms with Gasteiger partial charge in [0.1, 0.15) is 5.82 Å². The van der Waals surface area contributed by atoms with Crippen LogP contribution in [-0.2, 0) is 16.1 Å². The Hall–Kier alpha value is -2.96. The SMILES string of the molecule is CCN(CC)c1ccc(CNC(=O)C(=O)Nc2cccnc2)cn1. The molecule has 2 N–H and O–H groups in total. The number of anilines is 2. The molecule has 0 radical (unpaired) electrons. The van der Waals surface area contributed by atoms with E-state index in [0.717, 1.165) is 24.5 Å². The lowest BCUT2D eigenvalue weighted by Crippen LogP contribution is -2.35. The van der Waals surface area contributed by atoms with Gasteiger partial charge in [0.05, 0.1) is 11.9 Å². The number of rotatable bonds is 6. The number of aromatic nitrogens is 2. The standard InChI is InChI=1S/C17H21N5O2/c1-3-22(4-2)15-8-7-13(10-19-15)11-20-16(23)17(24)21-14-6-5-9-18-12-14/h5-10,12H,3-4,11H2,1-2H3,(H,20,23)(H,21,24). The lowest BCUT2D eigenvalue weighted by atomic mass is 10.2. The van der Waals surface area contributed by atoms with Crippen molar-refractivity contribution in [2.75, 3.05) is 23.3 Å². The molecule has 7 nitrogen and oxygen atoms in total. The second kappa shape index (κ2) is 8.61. The van der Waals surface area contributed by atoms with Crippen molar-refractivity contribution in [2.45, 2.75) is 20.4 Å². The van der Waals surface area contributed by atoms with E-state index in [0.29, 0.717) is 5.69 Å². The van der Waals surface area contributed by atoms with Crippen LogP contribution in [0.2, 0.25) is 0 Å². The monoisotopic (exact) mass is 327 g/mol. The van der Waals surface area contributed by atoms with Gasteiger partial charge >= 0.3 is 11.8 Å². The number of pyridine rings is 2. The van der Waals surface area contributed by atoms with E-state index in [9.17, 15) is 9.59 Å². The van der Waals surface area contributed by atoms with E-state index >= 15 is 0 Å². The van der Waals surface area contributed by atoms with Gasteiger partial charge in [-0.2, -0.15) is 0 Å². The Labute approximate surface area is 141 Å². The molecule has 0 aliphatic heterocycles. The number of hydrogen-bond acceptors (Lipinski definition) is 5. The molecule has 2 heterocycles. The van der Waals surface area contributed by atoms with Crippen molar-refractivity contribution in [1.29, 1.82) is 0 Å². The van der Waals surface area contributed by atoms with Gasteiger partial charge in [-0.1, -0.05) is 6.07 Å². The van der Waals surface area contributed by atoms with Crippen LogP contribution in [0, 0.1) is 0 Å². The van der Waals surface area contributed by atoms with E-state index in [-0.39, 0.29) is 6.54 Å². The van der Waals surface area contributed by atoms with Crippen LogP contribution in [0.5, 0.6) is 0 Å². The Balaban J connectivity index is 1.86. The van der Waals surface area contributed by atoms with Gasteiger partial charge in [-0.25, -0.2) is 4.98 Å². The summed E-state index contributed by atoms with van der Waals surface area (Å²) in [6, 6.07) is 7.13. The van der Waals surface area contributed by atoms with Gasteiger partial charge in [0.25, 0.3) is 0 Å². The topological polar surface area (TPSA) is 87.2 Å². The average Bonchev–Trinajstić information content (AvgIpc) is 2.62. The molecule has 2 aromatic rings. The highest BCUT2D eigenvalue weighted by molar-refractivity contribution is 6.39. The summed E-state index contributed by atoms with van der Waals surface area (Å²) in [5.41, 5.74) is 1.30. The molecule has 0 bridgehead atoms. The lowest BCUT2D eigenvalue weighted by molar-refractivity contribution is -0.136. The Kier molecular flexibility index (Phi) is 6.24. The van der Waals surface area contributed by atoms with Gasteiger partial charge in [0.2, 0.25) is 0 Å². The molecule has 7 heteroatoms. The van der Waals surface area contributed by atoms with E-state index in [1.807, 2.05) is 12.1 Å². The first kappa shape index (κ1) is 17.4. The van der Waals surface area contributed by atoms with Crippen LogP contribution >= 0.6 is 0 Å². The molecule has 0 aliphatic carbocycles. The van der Waals surface area contributed by atoms with Gasteiger partial charge in [0, 0.05) is 32.0 Å². The largest absolute Gasteiger partial charge is 0.357 e. The van der Waals surface area contributed by atoms with Gasteiger partial charge in [-0.3, -0.25) is 14.6 Å². The van der Waals surface area contributed by atoms with Gasteiger partial charge in [0.15, 0.2) is 0 Å². The highest BCUT2D eigenvalue weighted by Crippen LogP contribution is 2.10. The molecule has 0 saturated carbocycles. The zero-order valence-corrected chi connectivity index (χ0v) is 13.8. The molecule has 2 rings (SSSR count). The molecule has 126 valence electrons. The Morgan fingerprint density at radius 1 is 1.08 bits per heavy atom. The molecule has 0 spiro atoms. The second-order valence-corrected chi connectivity index (χ2v) is 5.08. The number of nitrogens with zero attached hydrogens (tertiary/aromatic N) is 3. The summed E-state index contributed by atoms with van der Waals surface area (Å²) >= 11 is 0. The first-order valence-electron chi connectivity index (χ1n) is 7.83. The fourth-order valence-electron chi connectivity index (χ4n) is 2.14. The van der Waals surface area contributed by atoms with Crippen molar-refractivity contribution < 1.29 is 9.59 Å². The van der Waals surface area contributed by atoms with E-state index in [1.54, 1.807) is 24.5 Å². The summed E-state index contributed by atoms with van der Waals surface area (Å²) < 4.78 is 0. The fourth-order valence-corrected chi connectivity index (χ4v) is 2.14. The van der Waals surface area contributed by atoms with Crippen molar-refractivity contribution in [3.63, 3.8) is 0 Å². The van der Waals surface area contributed by atoms with Gasteiger partial charge < -0.3 is 15.5 Å². The number of nitrogens with one attached hydrogen (secondary N) is 2. The predicted octanol–water partition coefficient (Wildman–Crippen LogP) is 1.58. The second-order valence-electron chi connectivity index (χ2n) is 5.08. The summed E-state index contributed by atoms with van der Waals surface area (Å²) in [5.74, 6) is -0.535. The third-order valence-electron chi connectivity index (χ3n) is 3.48. The first-order valence-corrected chi connectivity index (χ1v) is 7.83. The molecular weight excluding hydrogens is 306 g/mol. The summed E-state index contributed by atoms with van der Waals surface area (Å²) in [7, 11) is 0. The minimum absolute atomic E-state index is 0.241. The summed E-state index contributed by atoms with van der Waals surface area (Å²) in [4.78, 5) is 34.0. The third-order valence-corrected chi connectivity index (χ3v) is 3.48. The van der Waals surface area contributed by atoms with E-state index in [1.165, 1.54) is 6.20 Å². The Morgan fingerprint density at radius 2 is 1.88 bits per heavy atom. The number of carbonyl (C=O) groups is 2. The van der Waals surface area contributed by atoms with Crippen LogP contribution in [-0.4, -0.2) is 34.9 Å². The quantitative estimate of drug-likeness (QED) is 0.787. The van der Waals surface area contributed by atoms with Crippen molar-refractivity contribution in [2.24, 2.45) is 0 Å². The van der Waals surface area contributed by atoms with Crippen LogP contribution in [0.4, 0.5) is 11.5 Å². The summed E-state index contributed by atoms with van der Waals surface area (Å²) in [6.45, 7) is 6.15. The first-order chi connectivity index (χ1) is 11.6.